The molecule has 0 bridgehead atoms. The van der Waals surface area contributed by atoms with Crippen LogP contribution >= 0.6 is 0 Å². The highest BCUT2D eigenvalue weighted by Crippen LogP contribution is 2.30. The molecule has 1 heterocycles. The summed E-state index contributed by atoms with van der Waals surface area (Å²) in [7, 11) is 0.673. The third kappa shape index (κ3) is 1.99. The number of para-hydroxylation sites is 2. The lowest BCUT2D eigenvalue weighted by Crippen LogP contribution is -2.10. The first-order chi connectivity index (χ1) is 8.33. The second-order valence-corrected chi connectivity index (χ2v) is 3.99. The Balaban J connectivity index is 1.89. The van der Waals surface area contributed by atoms with Gasteiger partial charge in [-0.3, -0.25) is 0 Å². The zero-order valence-corrected chi connectivity index (χ0v) is 9.22. The lowest BCUT2D eigenvalue weighted by Gasteiger charge is -2.08. The summed E-state index contributed by atoms with van der Waals surface area (Å²) in [4.78, 5) is 0. The minimum Gasteiger partial charge on any atom is -0.504 e. The average molecular weight is 226 g/mol. The highest BCUT2D eigenvalue weighted by Gasteiger charge is 2.14. The van der Waals surface area contributed by atoms with Crippen molar-refractivity contribution in [2.24, 2.45) is 0 Å². The smallest absolute Gasteiger partial charge is 0.309 e. The Bertz CT molecular complexity index is 554. The van der Waals surface area contributed by atoms with Crippen molar-refractivity contribution in [3.05, 3.63) is 48.0 Å². The van der Waals surface area contributed by atoms with Crippen LogP contribution in [0.15, 0.2) is 42.5 Å². The van der Waals surface area contributed by atoms with Gasteiger partial charge < -0.3 is 14.5 Å². The zero-order valence-electron chi connectivity index (χ0n) is 9.22. The predicted octanol–water partition coefficient (Wildman–Crippen LogP) is 1.69. The molecule has 0 aliphatic carbocycles. The number of hydrogen-bond acceptors (Lipinski definition) is 3. The molecule has 0 saturated heterocycles. The molecule has 1 aliphatic rings. The summed E-state index contributed by atoms with van der Waals surface area (Å²) >= 11 is 0. The van der Waals surface area contributed by atoms with Gasteiger partial charge in [-0.25, -0.2) is 0 Å². The van der Waals surface area contributed by atoms with Crippen LogP contribution in [0.3, 0.4) is 0 Å². The molecule has 2 aromatic carbocycles. The zero-order chi connectivity index (χ0) is 11.7. The maximum atomic E-state index is 9.62. The number of hydrogen-bond donors (Lipinski definition) is 1. The van der Waals surface area contributed by atoms with E-state index in [9.17, 15) is 5.11 Å². The van der Waals surface area contributed by atoms with Crippen molar-refractivity contribution in [2.75, 3.05) is 0 Å². The summed E-state index contributed by atoms with van der Waals surface area (Å²) in [5.41, 5.74) is 2.35. The first kappa shape index (κ1) is 10.2. The van der Waals surface area contributed by atoms with E-state index in [-0.39, 0.29) is 5.75 Å². The molecule has 0 fully saturated rings. The summed E-state index contributed by atoms with van der Waals surface area (Å²) in [5, 5.41) is 9.62. The number of aromatic hydroxyl groups is 1. The van der Waals surface area contributed by atoms with E-state index in [0.29, 0.717) is 19.8 Å². The molecule has 0 radical (unpaired) electrons. The van der Waals surface area contributed by atoms with Crippen LogP contribution in [0.2, 0.25) is 0 Å². The molecule has 4 heteroatoms. The lowest BCUT2D eigenvalue weighted by molar-refractivity contribution is 0.344. The maximum Gasteiger partial charge on any atom is 0.309 e. The molecule has 0 aromatic heterocycles. The third-order valence-corrected chi connectivity index (χ3v) is 2.79. The van der Waals surface area contributed by atoms with Gasteiger partial charge in [-0.2, -0.15) is 0 Å². The fourth-order valence-corrected chi connectivity index (χ4v) is 1.88. The molecule has 0 atom stereocenters. The first-order valence-corrected chi connectivity index (χ1v) is 5.48. The van der Waals surface area contributed by atoms with E-state index in [4.69, 9.17) is 9.39 Å². The van der Waals surface area contributed by atoms with Gasteiger partial charge in [-0.15, -0.1) is 0 Å². The fourth-order valence-electron chi connectivity index (χ4n) is 1.88. The largest absolute Gasteiger partial charge is 0.504 e. The van der Waals surface area contributed by atoms with Gasteiger partial charge in [0, 0.05) is 0 Å². The third-order valence-electron chi connectivity index (χ3n) is 2.79. The predicted molar refractivity (Wildman–Crippen MR) is 66.2 cm³/mol. The normalized spacial score (nSPS) is 12.9. The van der Waals surface area contributed by atoms with Crippen LogP contribution in [0.25, 0.3) is 0 Å². The van der Waals surface area contributed by atoms with Gasteiger partial charge in [0.2, 0.25) is 0 Å². The van der Waals surface area contributed by atoms with Crippen LogP contribution in [0.5, 0.6) is 17.2 Å². The summed E-state index contributed by atoms with van der Waals surface area (Å²) in [6, 6.07) is 12.8. The molecule has 1 N–H and O–H groups in total. The van der Waals surface area contributed by atoms with Crippen LogP contribution in [-0.2, 0) is 11.3 Å². The molecule has 2 aromatic rings. The average Bonchev–Trinajstić information content (AvgIpc) is 2.79. The van der Waals surface area contributed by atoms with Crippen molar-refractivity contribution in [2.45, 2.75) is 6.61 Å². The number of fused-ring (bicyclic) bond motifs is 1. The summed E-state index contributed by atoms with van der Waals surface area (Å²) < 4.78 is 11.0. The van der Waals surface area contributed by atoms with Crippen LogP contribution < -0.4 is 10.2 Å². The molecule has 0 amide bonds. The van der Waals surface area contributed by atoms with Gasteiger partial charge in [0.05, 0.1) is 6.61 Å². The van der Waals surface area contributed by atoms with E-state index in [1.165, 1.54) is 5.46 Å². The lowest BCUT2D eigenvalue weighted by atomic mass is 9.87. The van der Waals surface area contributed by atoms with Crippen LogP contribution in [0.1, 0.15) is 5.56 Å². The maximum absolute atomic E-state index is 9.62. The van der Waals surface area contributed by atoms with Crippen molar-refractivity contribution < 1.29 is 14.5 Å². The van der Waals surface area contributed by atoms with Gasteiger partial charge in [0.25, 0.3) is 0 Å². The molecule has 0 saturated carbocycles. The minimum absolute atomic E-state index is 0.143. The van der Waals surface area contributed by atoms with E-state index in [2.05, 4.69) is 0 Å². The van der Waals surface area contributed by atoms with Crippen molar-refractivity contribution in [3.8, 4) is 17.2 Å². The SMILES string of the molecule is Oc1ccccc1Oc1ccc2c(c1)COB2. The molecule has 3 nitrogen and oxygen atoms in total. The van der Waals surface area contributed by atoms with Gasteiger partial charge in [0.15, 0.2) is 11.5 Å². The number of ether oxygens (including phenoxy) is 1. The quantitative estimate of drug-likeness (QED) is 0.792. The molecule has 3 rings (SSSR count). The molecular formula is C13H11BO3. The van der Waals surface area contributed by atoms with Gasteiger partial charge in [0.1, 0.15) is 5.75 Å². The Hall–Kier alpha value is -1.94. The molecule has 84 valence electrons. The Morgan fingerprint density at radius 3 is 2.94 bits per heavy atom. The van der Waals surface area contributed by atoms with Crippen LogP contribution in [-0.4, -0.2) is 12.6 Å². The van der Waals surface area contributed by atoms with E-state index >= 15 is 0 Å². The molecular weight excluding hydrogens is 215 g/mol. The summed E-state index contributed by atoms with van der Waals surface area (Å²) in [6.45, 7) is 0.632. The monoisotopic (exact) mass is 226 g/mol. The second kappa shape index (κ2) is 4.15. The van der Waals surface area contributed by atoms with Crippen molar-refractivity contribution in [1.82, 2.24) is 0 Å². The highest BCUT2D eigenvalue weighted by molar-refractivity contribution is 6.48. The van der Waals surface area contributed by atoms with Crippen molar-refractivity contribution in [3.63, 3.8) is 0 Å². The van der Waals surface area contributed by atoms with Crippen LogP contribution in [0, 0.1) is 0 Å². The summed E-state index contributed by atoms with van der Waals surface area (Å²) in [5.74, 6) is 1.33. The Labute approximate surface area is 99.9 Å². The van der Waals surface area contributed by atoms with E-state index in [0.717, 1.165) is 11.3 Å². The van der Waals surface area contributed by atoms with Crippen molar-refractivity contribution in [1.29, 1.82) is 0 Å². The van der Waals surface area contributed by atoms with E-state index in [1.54, 1.807) is 18.2 Å². The topological polar surface area (TPSA) is 38.7 Å². The summed E-state index contributed by atoms with van der Waals surface area (Å²) in [6.07, 6.45) is 0. The van der Waals surface area contributed by atoms with E-state index < -0.39 is 0 Å². The highest BCUT2D eigenvalue weighted by atomic mass is 16.5. The van der Waals surface area contributed by atoms with Gasteiger partial charge in [-0.1, -0.05) is 18.2 Å². The van der Waals surface area contributed by atoms with E-state index in [1.807, 2.05) is 24.3 Å². The van der Waals surface area contributed by atoms with Gasteiger partial charge >= 0.3 is 7.48 Å². The molecule has 17 heavy (non-hydrogen) atoms. The Morgan fingerprint density at radius 2 is 2.06 bits per heavy atom. The van der Waals surface area contributed by atoms with Gasteiger partial charge in [-0.05, 0) is 35.3 Å². The molecule has 0 unspecified atom stereocenters. The Kier molecular flexibility index (Phi) is 2.50. The Morgan fingerprint density at radius 1 is 1.18 bits per heavy atom. The fraction of sp³-hybridized carbons (Fsp3) is 0.0769. The number of phenols is 1. The standard InChI is InChI=1S/C13H11BO3/c15-12-3-1-2-4-13(12)17-10-5-6-11-9(7-10)8-16-14-11/h1-7,14-15H,8H2. The molecule has 1 aliphatic heterocycles. The second-order valence-electron chi connectivity index (χ2n) is 3.99. The number of benzene rings is 2. The molecule has 0 spiro atoms. The number of phenolic OH excluding ortho intramolecular Hbond substituents is 1. The van der Waals surface area contributed by atoms with Crippen LogP contribution in [0.4, 0.5) is 0 Å². The number of rotatable bonds is 2. The van der Waals surface area contributed by atoms with Crippen molar-refractivity contribution >= 4 is 12.9 Å². The minimum atomic E-state index is 0.143. The first-order valence-electron chi connectivity index (χ1n) is 5.48.